The summed E-state index contributed by atoms with van der Waals surface area (Å²) >= 11 is 0. The first-order valence-electron chi connectivity index (χ1n) is 40.3. The number of benzene rings is 4. The van der Waals surface area contributed by atoms with Crippen molar-refractivity contribution in [3.05, 3.63) is 136 Å². The van der Waals surface area contributed by atoms with Crippen molar-refractivity contribution < 1.29 is 102 Å². The highest BCUT2D eigenvalue weighted by Gasteiger charge is 2.49. The minimum atomic E-state index is -1.81. The van der Waals surface area contributed by atoms with Crippen LogP contribution in [-0.4, -0.2) is 266 Å². The lowest BCUT2D eigenvalue weighted by atomic mass is 9.95. The van der Waals surface area contributed by atoms with Crippen LogP contribution in [-0.2, 0) is 112 Å². The van der Waals surface area contributed by atoms with E-state index in [2.05, 4.69) is 53.2 Å². The van der Waals surface area contributed by atoms with Gasteiger partial charge >= 0.3 is 0 Å². The molecule has 4 aromatic carbocycles. The van der Waals surface area contributed by atoms with Gasteiger partial charge in [0, 0.05) is 115 Å². The van der Waals surface area contributed by atoms with Crippen LogP contribution in [0.4, 0.5) is 4.39 Å². The summed E-state index contributed by atoms with van der Waals surface area (Å²) in [7, 11) is 1.52. The Morgan fingerprint density at radius 1 is 0.754 bits per heavy atom. The number of fused-ring (bicyclic) bond motifs is 12. The van der Waals surface area contributed by atoms with Crippen molar-refractivity contribution in [2.75, 3.05) is 59.6 Å². The van der Waals surface area contributed by atoms with Crippen LogP contribution in [0.5, 0.6) is 5.75 Å². The Morgan fingerprint density at radius 3 is 2.19 bits per heavy atom. The van der Waals surface area contributed by atoms with E-state index in [4.69, 9.17) is 14.2 Å². The third-order valence-corrected chi connectivity index (χ3v) is 22.5. The van der Waals surface area contributed by atoms with Gasteiger partial charge in [-0.15, -0.1) is 0 Å². The van der Waals surface area contributed by atoms with Crippen molar-refractivity contribution in [2.45, 2.75) is 228 Å². The normalized spacial score (nSPS) is 25.6. The van der Waals surface area contributed by atoms with Gasteiger partial charge in [0.15, 0.2) is 6.23 Å². The molecule has 3 saturated heterocycles. The molecule has 5 aliphatic rings. The molecule has 0 spiro atoms. The number of rotatable bonds is 21. The number of carbonyl (C=O) groups excluding carboxylic acids is 12. The number of ether oxygens (including phenoxy) is 3. The number of methoxy groups -OCH3 is 1. The summed E-state index contributed by atoms with van der Waals surface area (Å²) in [5.41, 5.74) is 3.22. The van der Waals surface area contributed by atoms with Crippen molar-refractivity contribution in [3.63, 3.8) is 0 Å². The van der Waals surface area contributed by atoms with E-state index in [1.54, 1.807) is 84.4 Å². The van der Waals surface area contributed by atoms with Crippen LogP contribution in [0, 0.1) is 5.82 Å². The van der Waals surface area contributed by atoms with Gasteiger partial charge in [-0.3, -0.25) is 57.5 Å². The second-order valence-electron chi connectivity index (χ2n) is 31.3. The van der Waals surface area contributed by atoms with Crippen LogP contribution in [0.15, 0.2) is 97.2 Å². The minimum Gasteiger partial charge on any atom is -0.497 e. The Labute approximate surface area is 683 Å². The predicted molar refractivity (Wildman–Crippen MR) is 425 cm³/mol. The van der Waals surface area contributed by atoms with E-state index < -0.39 is 187 Å². The summed E-state index contributed by atoms with van der Waals surface area (Å²) in [4.78, 5) is 174. The van der Waals surface area contributed by atoms with E-state index in [-0.39, 0.29) is 83.9 Å². The fourth-order valence-electron chi connectivity index (χ4n) is 15.6. The molecule has 118 heavy (non-hydrogen) atoms. The zero-order valence-electron chi connectivity index (χ0n) is 67.3. The number of likely N-dealkylation sites (tertiary alicyclic amines) is 1. The average molecular weight is 1640 g/mol. The number of hydrogen-bond acceptors (Lipinski definition) is 21. The number of aliphatic hydroxyl groups excluding tert-OH is 5. The van der Waals surface area contributed by atoms with E-state index in [0.717, 1.165) is 11.1 Å². The third-order valence-electron chi connectivity index (χ3n) is 22.5. The van der Waals surface area contributed by atoms with Gasteiger partial charge in [0.2, 0.25) is 70.9 Å². The first-order chi connectivity index (χ1) is 56.4. The van der Waals surface area contributed by atoms with Gasteiger partial charge in [0.05, 0.1) is 38.0 Å². The summed E-state index contributed by atoms with van der Waals surface area (Å²) < 4.78 is 34.4. The number of aliphatic hydroxyl groups is 5. The molecule has 1 aromatic heterocycles. The molecule has 5 aliphatic heterocycles. The van der Waals surface area contributed by atoms with Gasteiger partial charge in [-0.25, -0.2) is 4.39 Å². The molecule has 5 unspecified atom stereocenters. The van der Waals surface area contributed by atoms with Crippen LogP contribution in [0.25, 0.3) is 10.9 Å². The molecule has 10 rings (SSSR count). The molecule has 0 saturated carbocycles. The topological polar surface area (TPSA) is 469 Å². The molecule has 15 atom stereocenters. The summed E-state index contributed by atoms with van der Waals surface area (Å²) in [6, 6.07) is 16.9. The van der Waals surface area contributed by atoms with Gasteiger partial charge in [-0.2, -0.15) is 0 Å². The number of hydrogen-bond donors (Lipinski definition) is 15. The lowest BCUT2D eigenvalue weighted by Crippen LogP contribution is -2.63. The van der Waals surface area contributed by atoms with E-state index in [0.29, 0.717) is 90.5 Å². The molecule has 12 amide bonds. The third kappa shape index (κ3) is 23.7. The quantitative estimate of drug-likeness (QED) is 0.0406. The molecule has 34 nitrogen and oxygen atoms in total. The molecule has 3 fully saturated rings. The molecular weight excluding hydrogens is 1530 g/mol. The Hall–Kier alpha value is -10.5. The summed E-state index contributed by atoms with van der Waals surface area (Å²) in [5, 5.41) is 79.1. The molecular formula is C83H111FN14O20. The Bertz CT molecular complexity index is 4400. The second-order valence-corrected chi connectivity index (χ2v) is 31.3. The molecule has 8 bridgehead atoms. The highest BCUT2D eigenvalue weighted by Crippen LogP contribution is 2.32. The van der Waals surface area contributed by atoms with Crippen LogP contribution < -0.4 is 57.9 Å². The maximum atomic E-state index is 15.6. The largest absolute Gasteiger partial charge is 0.497 e. The fourth-order valence-corrected chi connectivity index (χ4v) is 15.6. The van der Waals surface area contributed by atoms with Crippen LogP contribution in [0.3, 0.4) is 0 Å². The van der Waals surface area contributed by atoms with E-state index >= 15 is 18.8 Å². The maximum Gasteiger partial charge on any atom is 0.246 e. The van der Waals surface area contributed by atoms with E-state index in [1.165, 1.54) is 44.9 Å². The Balaban J connectivity index is 0.870. The molecule has 35 heteroatoms. The van der Waals surface area contributed by atoms with Crippen molar-refractivity contribution in [3.8, 4) is 5.75 Å². The molecule has 0 aliphatic carbocycles. The lowest BCUT2D eigenvalue weighted by Gasteiger charge is -2.40. The highest BCUT2D eigenvalue weighted by atomic mass is 19.1. The van der Waals surface area contributed by atoms with Crippen LogP contribution >= 0.6 is 0 Å². The zero-order valence-corrected chi connectivity index (χ0v) is 67.3. The molecule has 6 heterocycles. The smallest absolute Gasteiger partial charge is 0.246 e. The molecule has 15 N–H and O–H groups in total. The number of aryl methyl sites for hydroxylation is 1. The maximum absolute atomic E-state index is 15.6. The van der Waals surface area contributed by atoms with Gasteiger partial charge in [-0.05, 0) is 143 Å². The second kappa shape index (κ2) is 41.7. The van der Waals surface area contributed by atoms with E-state index in [9.17, 15) is 68.7 Å². The highest BCUT2D eigenvalue weighted by molar-refractivity contribution is 5.98. The standard InChI is InChI=1S/C83H111FN14O20/c1-47-75(109)93-63(42-88-67(102)25-26-68(103)94-79-74(108)73(107)72(106)66(45-99)118-79)77(111)90-60-38-54-12-9-13-55(36-54)41-87-69(104)46-117-65-28-35-97(48(65)2)80(113)62(91-76(60)110)39-56-44-95(64-24-21-57(84)40-59(56)64)32-7-8-33-96(70(105)14-10-30-85-47)43-53-17-15-51(16-18-53)27-31-86-82(115)83(5)29-11-34-98(83)81(114)61(37-52-19-22-58(116-6)23-20-52)92-78(112)71(49(3)100)89-50(4)101/h9,12-13,15-24,36,40,44,47-49,60-63,65-66,71-74,79,85,99-100,106-108H,7-8,10-11,14,25-35,37-39,41-43,45-46H2,1-6H3,(H,86,115)(H,87,104)(H,88,102)(H,89,101)(H,90,111)(H,91,110)(H,92,112)(H,93,109)(H,94,103)/t47-,48+,49+,60-,61-,62-,63+,65-,66?,71-,72?,73?,74?,79?,83-/m0/s1. The number of nitrogens with zero attached hydrogens (tertiary/aromatic N) is 4. The Kier molecular flexibility index (Phi) is 31.8. The van der Waals surface area contributed by atoms with Gasteiger partial charge in [-0.1, -0.05) is 60.7 Å². The van der Waals surface area contributed by atoms with Crippen molar-refractivity contribution in [2.24, 2.45) is 0 Å². The van der Waals surface area contributed by atoms with Crippen molar-refractivity contribution in [1.29, 1.82) is 0 Å². The molecule has 5 aromatic rings. The van der Waals surface area contributed by atoms with Gasteiger partial charge in [0.25, 0.3) is 0 Å². The fraction of sp³-hybridized carbons (Fsp3) is 0.542. The number of amides is 12. The average Bonchev–Trinajstić information content (AvgIpc) is 1.64. The Morgan fingerprint density at radius 2 is 1.47 bits per heavy atom. The SMILES string of the molecule is COc1ccc(C[C@H](NC(=O)[C@@H](NC(C)=O)[C@@H](C)O)C(=O)N2CCC[C@@]2(C)C(=O)NCCc2ccc(CN3CCCCn4cc(c5cc(F)ccc54)C[C@@H]4NC(=O)[C@H](Cc5cccc(c5)CNC(=O)CO[C@H]5CCN(C4=O)[C@@H]5C)NC(=O)[C@@H](CNC(=O)CCC(=O)NC4OC(CO)C(O)C(O)C4O)NC(=O)[C@H](C)NCCCC3=O)cc2)cc1. The molecule has 640 valence electrons. The first kappa shape index (κ1) is 89.8. The number of carbonyl (C=O) groups is 12. The molecule has 0 radical (unpaired) electrons. The first-order valence-corrected chi connectivity index (χ1v) is 40.3. The summed E-state index contributed by atoms with van der Waals surface area (Å²) in [5.74, 6) is -7.66. The predicted octanol–water partition coefficient (Wildman–Crippen LogP) is -1.29. The van der Waals surface area contributed by atoms with Gasteiger partial charge < -0.3 is 112 Å². The van der Waals surface area contributed by atoms with Crippen molar-refractivity contribution in [1.82, 2.24) is 72.4 Å². The minimum absolute atomic E-state index is 0.0190. The summed E-state index contributed by atoms with van der Waals surface area (Å²) in [6.07, 6.45) is -6.97. The van der Waals surface area contributed by atoms with Gasteiger partial charge in [0.1, 0.15) is 78.3 Å². The van der Waals surface area contributed by atoms with Crippen LogP contribution in [0.1, 0.15) is 126 Å². The monoisotopic (exact) mass is 1640 g/mol. The van der Waals surface area contributed by atoms with Crippen molar-refractivity contribution >= 4 is 81.8 Å². The summed E-state index contributed by atoms with van der Waals surface area (Å²) in [6.45, 7) is 7.43. The van der Waals surface area contributed by atoms with Crippen LogP contribution in [0.2, 0.25) is 0 Å². The number of nitrogens with one attached hydrogen (secondary N) is 10. The zero-order chi connectivity index (χ0) is 85.1. The lowest BCUT2D eigenvalue weighted by molar-refractivity contribution is -0.236. The van der Waals surface area contributed by atoms with E-state index in [1.807, 2.05) is 28.8 Å². The number of halogens is 1. The number of aromatic nitrogens is 1.